The number of rotatable bonds is 6. The number of sulfone groups is 1. The van der Waals surface area contributed by atoms with Crippen molar-refractivity contribution in [3.63, 3.8) is 0 Å². The molecule has 0 unspecified atom stereocenters. The van der Waals surface area contributed by atoms with Crippen molar-refractivity contribution >= 4 is 9.84 Å². The van der Waals surface area contributed by atoms with Gasteiger partial charge in [0, 0.05) is 0 Å². The molecule has 0 fully saturated rings. The average Bonchev–Trinajstić information content (AvgIpc) is 1.98. The molecule has 0 atom stereocenters. The van der Waals surface area contributed by atoms with Gasteiger partial charge in [0.2, 0.25) is 9.84 Å². The van der Waals surface area contributed by atoms with Gasteiger partial charge in [-0.3, -0.25) is 0 Å². The van der Waals surface area contributed by atoms with E-state index in [0.717, 1.165) is 12.8 Å². The highest BCUT2D eigenvalue weighted by Gasteiger charge is 2.22. The van der Waals surface area contributed by atoms with Gasteiger partial charge in [-0.2, -0.15) is 8.78 Å². The topological polar surface area (TPSA) is 34.1 Å². The van der Waals surface area contributed by atoms with Gasteiger partial charge in [0.25, 0.3) is 0 Å². The van der Waals surface area contributed by atoms with Crippen LogP contribution in [0.2, 0.25) is 0 Å². The molecule has 0 radical (unpaired) electrons. The lowest BCUT2D eigenvalue weighted by atomic mass is 10.2. The van der Waals surface area contributed by atoms with Gasteiger partial charge in [0.15, 0.2) is 0 Å². The molecule has 0 aliphatic carbocycles. The highest BCUT2D eigenvalue weighted by Crippen LogP contribution is 2.09. The van der Waals surface area contributed by atoms with Crippen LogP contribution >= 0.6 is 0 Å². The van der Waals surface area contributed by atoms with Crippen LogP contribution in [0.15, 0.2) is 0 Å². The monoisotopic (exact) mass is 200 g/mol. The Bertz CT molecular complexity index is 199. The lowest BCUT2D eigenvalue weighted by Crippen LogP contribution is -2.15. The Morgan fingerprint density at radius 1 is 1.17 bits per heavy atom. The number of hydrogen-bond acceptors (Lipinski definition) is 2. The van der Waals surface area contributed by atoms with Gasteiger partial charge in [-0.1, -0.05) is 26.2 Å². The number of alkyl halides is 2. The van der Waals surface area contributed by atoms with Crippen LogP contribution in [0.4, 0.5) is 8.78 Å². The molecule has 0 rings (SSSR count). The summed E-state index contributed by atoms with van der Waals surface area (Å²) >= 11 is 0. The van der Waals surface area contributed by atoms with Gasteiger partial charge in [-0.15, -0.1) is 0 Å². The maximum atomic E-state index is 11.7. The van der Waals surface area contributed by atoms with Crippen LogP contribution in [0.3, 0.4) is 0 Å². The average molecular weight is 200 g/mol. The third-order valence-electron chi connectivity index (χ3n) is 1.55. The molecule has 0 N–H and O–H groups in total. The minimum atomic E-state index is -4.11. The zero-order valence-electron chi connectivity index (χ0n) is 7.09. The van der Waals surface area contributed by atoms with Gasteiger partial charge in [0.1, 0.15) is 0 Å². The zero-order chi connectivity index (χ0) is 9.61. The van der Waals surface area contributed by atoms with Crippen LogP contribution in [0, 0.1) is 0 Å². The minimum absolute atomic E-state index is 0.348. The van der Waals surface area contributed by atoms with E-state index in [0.29, 0.717) is 12.8 Å². The van der Waals surface area contributed by atoms with Crippen molar-refractivity contribution in [3.05, 3.63) is 0 Å². The fourth-order valence-corrected chi connectivity index (χ4v) is 1.60. The lowest BCUT2D eigenvalue weighted by molar-refractivity contribution is 0.234. The van der Waals surface area contributed by atoms with Gasteiger partial charge in [-0.05, 0) is 6.42 Å². The van der Waals surface area contributed by atoms with Gasteiger partial charge in [-0.25, -0.2) is 8.42 Å². The summed E-state index contributed by atoms with van der Waals surface area (Å²) in [5.74, 6) is -3.59. The molecule has 0 aromatic heterocycles. The van der Waals surface area contributed by atoms with Crippen LogP contribution < -0.4 is 0 Å². The van der Waals surface area contributed by atoms with E-state index in [2.05, 4.69) is 0 Å². The van der Waals surface area contributed by atoms with Crippen molar-refractivity contribution in [1.29, 1.82) is 0 Å². The van der Waals surface area contributed by atoms with Crippen molar-refractivity contribution in [3.8, 4) is 0 Å². The molecule has 12 heavy (non-hydrogen) atoms. The Labute approximate surface area is 71.9 Å². The Morgan fingerprint density at radius 2 is 1.75 bits per heavy atom. The summed E-state index contributed by atoms with van der Waals surface area (Å²) in [6, 6.07) is 0. The highest BCUT2D eigenvalue weighted by molar-refractivity contribution is 7.91. The first-order valence-corrected chi connectivity index (χ1v) is 5.72. The Hall–Kier alpha value is -0.190. The predicted molar refractivity (Wildman–Crippen MR) is 43.9 cm³/mol. The Morgan fingerprint density at radius 3 is 2.17 bits per heavy atom. The molecule has 0 saturated carbocycles. The van der Waals surface area contributed by atoms with Crippen LogP contribution in [0.5, 0.6) is 0 Å². The Kier molecular flexibility index (Phi) is 5.37. The summed E-state index contributed by atoms with van der Waals surface area (Å²) in [6.07, 6.45) is 2.93. The molecule has 5 heteroatoms. The first kappa shape index (κ1) is 11.8. The van der Waals surface area contributed by atoms with E-state index in [4.69, 9.17) is 0 Å². The summed E-state index contributed by atoms with van der Waals surface area (Å²) in [6.45, 7) is 1.97. The van der Waals surface area contributed by atoms with Crippen LogP contribution in [0.1, 0.15) is 32.6 Å². The molecular weight excluding hydrogens is 186 g/mol. The molecule has 0 aromatic carbocycles. The van der Waals surface area contributed by atoms with E-state index in [9.17, 15) is 17.2 Å². The van der Waals surface area contributed by atoms with E-state index < -0.39 is 15.6 Å². The number of halogens is 2. The molecular formula is C7H14F2O2S. The SMILES string of the molecule is CCCCCCS(=O)(=O)C(F)F. The fraction of sp³-hybridized carbons (Fsp3) is 1.00. The summed E-state index contributed by atoms with van der Waals surface area (Å²) in [5.41, 5.74) is 0. The largest absolute Gasteiger partial charge is 0.336 e. The van der Waals surface area contributed by atoms with Crippen LogP contribution in [-0.4, -0.2) is 19.9 Å². The van der Waals surface area contributed by atoms with E-state index in [1.54, 1.807) is 0 Å². The molecule has 0 saturated heterocycles. The van der Waals surface area contributed by atoms with Gasteiger partial charge >= 0.3 is 5.76 Å². The Balaban J connectivity index is 3.63. The summed E-state index contributed by atoms with van der Waals surface area (Å²) in [5, 5.41) is 0. The van der Waals surface area contributed by atoms with E-state index in [1.165, 1.54) is 0 Å². The normalized spacial score (nSPS) is 12.3. The van der Waals surface area contributed by atoms with Crippen LogP contribution in [-0.2, 0) is 9.84 Å². The van der Waals surface area contributed by atoms with E-state index >= 15 is 0 Å². The maximum absolute atomic E-state index is 11.7. The van der Waals surface area contributed by atoms with Crippen molar-refractivity contribution in [2.24, 2.45) is 0 Å². The first-order valence-electron chi connectivity index (χ1n) is 4.00. The summed E-state index contributed by atoms with van der Waals surface area (Å²) in [7, 11) is -4.11. The molecule has 0 aliphatic heterocycles. The first-order chi connectivity index (χ1) is 5.50. The van der Waals surface area contributed by atoms with Crippen molar-refractivity contribution in [2.75, 3.05) is 5.75 Å². The number of hydrogen-bond donors (Lipinski definition) is 0. The predicted octanol–water partition coefficient (Wildman–Crippen LogP) is 2.20. The second-order valence-electron chi connectivity index (χ2n) is 2.69. The lowest BCUT2D eigenvalue weighted by Gasteiger charge is -2.01. The minimum Gasteiger partial charge on any atom is -0.223 e. The van der Waals surface area contributed by atoms with E-state index in [1.807, 2.05) is 6.92 Å². The van der Waals surface area contributed by atoms with Crippen LogP contribution in [0.25, 0.3) is 0 Å². The molecule has 74 valence electrons. The van der Waals surface area contributed by atoms with Crippen molar-refractivity contribution in [2.45, 2.75) is 38.4 Å². The molecule has 0 amide bonds. The summed E-state index contributed by atoms with van der Waals surface area (Å²) < 4.78 is 44.6. The molecule has 0 aromatic rings. The molecule has 0 heterocycles. The van der Waals surface area contributed by atoms with Gasteiger partial charge in [0.05, 0.1) is 5.75 Å². The third-order valence-corrected chi connectivity index (χ3v) is 2.95. The highest BCUT2D eigenvalue weighted by atomic mass is 32.2. The van der Waals surface area contributed by atoms with Crippen molar-refractivity contribution in [1.82, 2.24) is 0 Å². The molecule has 0 bridgehead atoms. The maximum Gasteiger partial charge on any atom is 0.336 e. The molecule has 2 nitrogen and oxygen atoms in total. The quantitative estimate of drug-likeness (QED) is 0.616. The standard InChI is InChI=1S/C7H14F2O2S/c1-2-3-4-5-6-12(10,11)7(8)9/h7H,2-6H2,1H3. The second kappa shape index (κ2) is 5.45. The number of unbranched alkanes of at least 4 members (excludes halogenated alkanes) is 3. The van der Waals surface area contributed by atoms with Crippen molar-refractivity contribution < 1.29 is 17.2 Å². The fourth-order valence-electron chi connectivity index (χ4n) is 0.819. The second-order valence-corrected chi connectivity index (χ2v) is 4.78. The molecule has 0 aliphatic rings. The third kappa shape index (κ3) is 4.64. The zero-order valence-corrected chi connectivity index (χ0v) is 7.91. The molecule has 0 spiro atoms. The smallest absolute Gasteiger partial charge is 0.223 e. The summed E-state index contributed by atoms with van der Waals surface area (Å²) in [4.78, 5) is 0. The van der Waals surface area contributed by atoms with Gasteiger partial charge < -0.3 is 0 Å². The van der Waals surface area contributed by atoms with E-state index in [-0.39, 0.29) is 5.75 Å².